The second kappa shape index (κ2) is 5.82. The van der Waals surface area contributed by atoms with Crippen molar-refractivity contribution in [2.24, 2.45) is 0 Å². The molecule has 0 amide bonds. The summed E-state index contributed by atoms with van der Waals surface area (Å²) < 4.78 is 5.38. The molecule has 5 heteroatoms. The second-order valence-electron chi connectivity index (χ2n) is 2.70. The highest BCUT2D eigenvalue weighted by Crippen LogP contribution is 2.21. The molecular formula is C10H10NO2S2. The number of ether oxygens (including phenoxy) is 1. The van der Waals surface area contributed by atoms with Gasteiger partial charge in [0.2, 0.25) is 0 Å². The Morgan fingerprint density at radius 1 is 1.60 bits per heavy atom. The van der Waals surface area contributed by atoms with Crippen LogP contribution in [0.5, 0.6) is 0 Å². The van der Waals surface area contributed by atoms with E-state index in [0.29, 0.717) is 4.20 Å². The minimum Gasteiger partial charge on any atom is -0.456 e. The van der Waals surface area contributed by atoms with Gasteiger partial charge in [0, 0.05) is 24.2 Å². The molecule has 1 aromatic heterocycles. The number of carbonyl (C=O) groups is 1. The first-order chi connectivity index (χ1) is 7.09. The smallest absolute Gasteiger partial charge is 0.303 e. The zero-order valence-electron chi connectivity index (χ0n) is 8.17. The van der Waals surface area contributed by atoms with E-state index < -0.39 is 6.10 Å². The molecule has 1 aromatic rings. The first-order valence-electron chi connectivity index (χ1n) is 4.21. The quantitative estimate of drug-likeness (QED) is 0.460. The normalized spacial score (nSPS) is 11.9. The van der Waals surface area contributed by atoms with Crippen molar-refractivity contribution in [2.45, 2.75) is 17.9 Å². The molecule has 0 aliphatic carbocycles. The number of aromatic nitrogens is 1. The topological polar surface area (TPSA) is 39.2 Å². The van der Waals surface area contributed by atoms with Gasteiger partial charge in [0.05, 0.1) is 4.20 Å². The van der Waals surface area contributed by atoms with Gasteiger partial charge in [-0.3, -0.25) is 9.78 Å². The number of thioether (sulfide) groups is 1. The molecule has 0 spiro atoms. The molecule has 3 nitrogen and oxygen atoms in total. The van der Waals surface area contributed by atoms with Crippen LogP contribution in [0.25, 0.3) is 0 Å². The van der Waals surface area contributed by atoms with Crippen LogP contribution < -0.4 is 0 Å². The van der Waals surface area contributed by atoms with Gasteiger partial charge in [0.25, 0.3) is 0 Å². The van der Waals surface area contributed by atoms with Crippen LogP contribution in [-0.4, -0.2) is 21.3 Å². The Morgan fingerprint density at radius 2 is 2.20 bits per heavy atom. The largest absolute Gasteiger partial charge is 0.456 e. The Morgan fingerprint density at radius 3 is 2.73 bits per heavy atom. The molecule has 79 valence electrons. The number of hydrogen-bond acceptors (Lipinski definition) is 5. The summed E-state index contributed by atoms with van der Waals surface area (Å²) in [4.78, 5) is 15.5. The first kappa shape index (κ1) is 12.1. The Hall–Kier alpha value is -0.940. The van der Waals surface area contributed by atoms with Crippen LogP contribution in [-0.2, 0) is 9.53 Å². The Kier molecular flexibility index (Phi) is 4.71. The Labute approximate surface area is 98.2 Å². The summed E-state index contributed by atoms with van der Waals surface area (Å²) >= 11 is 6.43. The van der Waals surface area contributed by atoms with E-state index in [2.05, 4.69) is 11.9 Å². The molecule has 15 heavy (non-hydrogen) atoms. The van der Waals surface area contributed by atoms with E-state index in [1.54, 1.807) is 12.4 Å². The third-order valence-electron chi connectivity index (χ3n) is 1.44. The van der Waals surface area contributed by atoms with E-state index in [-0.39, 0.29) is 5.97 Å². The predicted molar refractivity (Wildman–Crippen MR) is 63.6 cm³/mol. The van der Waals surface area contributed by atoms with Crippen LogP contribution in [0.15, 0.2) is 29.4 Å². The van der Waals surface area contributed by atoms with Crippen molar-refractivity contribution in [1.29, 1.82) is 0 Å². The maximum atomic E-state index is 10.7. The molecule has 1 radical (unpaired) electrons. The van der Waals surface area contributed by atoms with Gasteiger partial charge < -0.3 is 4.74 Å². The van der Waals surface area contributed by atoms with E-state index >= 15 is 0 Å². The first-order valence-corrected chi connectivity index (χ1v) is 5.44. The third kappa shape index (κ3) is 4.40. The highest BCUT2D eigenvalue weighted by Gasteiger charge is 2.12. The van der Waals surface area contributed by atoms with E-state index in [4.69, 9.17) is 17.0 Å². The van der Waals surface area contributed by atoms with Crippen molar-refractivity contribution in [3.05, 3.63) is 31.5 Å². The van der Waals surface area contributed by atoms with Crippen molar-refractivity contribution < 1.29 is 9.53 Å². The summed E-state index contributed by atoms with van der Waals surface area (Å²) in [5.41, 5.74) is 0. The molecule has 0 aliphatic heterocycles. The molecule has 0 saturated heterocycles. The van der Waals surface area contributed by atoms with Gasteiger partial charge in [-0.1, -0.05) is 24.0 Å². The van der Waals surface area contributed by atoms with Crippen molar-refractivity contribution in [3.8, 4) is 0 Å². The summed E-state index contributed by atoms with van der Waals surface area (Å²) in [5.74, 6) is -0.382. The SMILES string of the molecule is [CH2]C(OC(C)=O)C(=S)Sc1ccncc1. The molecule has 1 atom stereocenters. The maximum absolute atomic E-state index is 10.7. The van der Waals surface area contributed by atoms with Gasteiger partial charge in [-0.25, -0.2) is 0 Å². The number of nitrogens with zero attached hydrogens (tertiary/aromatic N) is 1. The zero-order chi connectivity index (χ0) is 11.3. The monoisotopic (exact) mass is 240 g/mol. The molecule has 0 aliphatic rings. The average Bonchev–Trinajstić information content (AvgIpc) is 2.18. The number of rotatable bonds is 3. The Balaban J connectivity index is 2.52. The second-order valence-corrected chi connectivity index (χ2v) is 4.52. The van der Waals surface area contributed by atoms with Gasteiger partial charge in [-0.2, -0.15) is 0 Å². The molecule has 1 rings (SSSR count). The van der Waals surface area contributed by atoms with E-state index in [9.17, 15) is 4.79 Å². The highest BCUT2D eigenvalue weighted by molar-refractivity contribution is 8.23. The predicted octanol–water partition coefficient (Wildman–Crippen LogP) is 2.27. The lowest BCUT2D eigenvalue weighted by atomic mass is 10.5. The highest BCUT2D eigenvalue weighted by atomic mass is 32.2. The minimum atomic E-state index is -0.601. The van der Waals surface area contributed by atoms with Gasteiger partial charge in [-0.05, 0) is 19.1 Å². The molecule has 1 unspecified atom stereocenters. The van der Waals surface area contributed by atoms with Gasteiger partial charge in [0.15, 0.2) is 0 Å². The molecule has 0 N–H and O–H groups in total. The number of esters is 1. The molecule has 0 fully saturated rings. The molecular weight excluding hydrogens is 230 g/mol. The van der Waals surface area contributed by atoms with E-state index in [1.165, 1.54) is 18.7 Å². The number of carbonyl (C=O) groups excluding carboxylic acids is 1. The molecule has 0 bridgehead atoms. The van der Waals surface area contributed by atoms with Crippen molar-refractivity contribution in [2.75, 3.05) is 0 Å². The number of thiocarbonyl (C=S) groups is 1. The zero-order valence-corrected chi connectivity index (χ0v) is 9.81. The summed E-state index contributed by atoms with van der Waals surface area (Å²) in [6.07, 6.45) is 2.75. The molecule has 0 saturated carbocycles. The lowest BCUT2D eigenvalue weighted by Crippen LogP contribution is -2.19. The van der Waals surface area contributed by atoms with E-state index in [0.717, 1.165) is 4.90 Å². The van der Waals surface area contributed by atoms with Gasteiger partial charge >= 0.3 is 5.97 Å². The van der Waals surface area contributed by atoms with Crippen LogP contribution >= 0.6 is 24.0 Å². The fourth-order valence-corrected chi connectivity index (χ4v) is 1.84. The lowest BCUT2D eigenvalue weighted by molar-refractivity contribution is -0.141. The standard InChI is InChI=1S/C10H10NO2S2/c1-7(13-8(2)12)10(14)15-9-3-5-11-6-4-9/h3-7H,1H2,2H3. The number of hydrogen-bond donors (Lipinski definition) is 0. The van der Waals surface area contributed by atoms with Crippen LogP contribution in [0.2, 0.25) is 0 Å². The summed E-state index contributed by atoms with van der Waals surface area (Å²) in [6, 6.07) is 3.66. The Bertz CT molecular complexity index is 354. The van der Waals surface area contributed by atoms with Crippen LogP contribution in [0.3, 0.4) is 0 Å². The third-order valence-corrected chi connectivity index (χ3v) is 2.92. The van der Waals surface area contributed by atoms with Crippen molar-refractivity contribution >= 4 is 34.1 Å². The average molecular weight is 240 g/mol. The number of pyridine rings is 1. The van der Waals surface area contributed by atoms with E-state index in [1.807, 2.05) is 12.1 Å². The maximum Gasteiger partial charge on any atom is 0.303 e. The van der Waals surface area contributed by atoms with Crippen molar-refractivity contribution in [1.82, 2.24) is 4.98 Å². The summed E-state index contributed by atoms with van der Waals surface area (Å²) in [5, 5.41) is 0. The van der Waals surface area contributed by atoms with Crippen LogP contribution in [0.4, 0.5) is 0 Å². The molecule has 1 heterocycles. The summed E-state index contributed by atoms with van der Waals surface area (Å²) in [6.45, 7) is 4.98. The minimum absolute atomic E-state index is 0.382. The van der Waals surface area contributed by atoms with Gasteiger partial charge in [-0.15, -0.1) is 0 Å². The van der Waals surface area contributed by atoms with Crippen molar-refractivity contribution in [3.63, 3.8) is 0 Å². The molecule has 0 aromatic carbocycles. The fourth-order valence-electron chi connectivity index (χ4n) is 0.837. The lowest BCUT2D eigenvalue weighted by Gasteiger charge is -2.12. The summed E-state index contributed by atoms with van der Waals surface area (Å²) in [7, 11) is 0. The van der Waals surface area contributed by atoms with Crippen LogP contribution in [0.1, 0.15) is 6.92 Å². The van der Waals surface area contributed by atoms with Crippen LogP contribution in [0, 0.1) is 6.92 Å². The van der Waals surface area contributed by atoms with Gasteiger partial charge in [0.1, 0.15) is 6.10 Å². The fraction of sp³-hybridized carbons (Fsp3) is 0.200.